The van der Waals surface area contributed by atoms with Gasteiger partial charge in [-0.15, -0.1) is 0 Å². The van der Waals surface area contributed by atoms with Crippen LogP contribution >= 0.6 is 0 Å². The monoisotopic (exact) mass is 590 g/mol. The Labute approximate surface area is 265 Å². The van der Waals surface area contributed by atoms with Gasteiger partial charge in [-0.25, -0.2) is 0 Å². The molecule has 0 N–H and O–H groups in total. The molecule has 4 rings (SSSR count). The minimum absolute atomic E-state index is 0. The van der Waals surface area contributed by atoms with E-state index in [1.165, 1.54) is 103 Å². The van der Waals surface area contributed by atoms with Gasteiger partial charge in [0, 0.05) is 75.5 Å². The Morgan fingerprint density at radius 2 is 0.881 bits per heavy atom. The molecule has 0 spiro atoms. The summed E-state index contributed by atoms with van der Waals surface area (Å²) in [5.41, 5.74) is 2.51. The van der Waals surface area contributed by atoms with E-state index >= 15 is 0 Å². The van der Waals surface area contributed by atoms with Crippen molar-refractivity contribution in [1.82, 2.24) is 24.5 Å². The van der Waals surface area contributed by atoms with Crippen molar-refractivity contribution in [1.29, 1.82) is 0 Å². The normalized spacial score (nSPS) is 20.2. The summed E-state index contributed by atoms with van der Waals surface area (Å²) in [4.78, 5) is 12.9. The van der Waals surface area contributed by atoms with Crippen molar-refractivity contribution >= 4 is 0 Å². The van der Waals surface area contributed by atoms with Crippen LogP contribution in [0, 0.1) is 0 Å². The van der Waals surface area contributed by atoms with Gasteiger partial charge >= 0.3 is 0 Å². The maximum atomic E-state index is 2.58. The quantitative estimate of drug-likeness (QED) is 0.353. The van der Waals surface area contributed by atoms with Crippen LogP contribution in [0.25, 0.3) is 0 Å². The number of rotatable bonds is 4. The first-order chi connectivity index (χ1) is 18.7. The lowest BCUT2D eigenvalue weighted by Gasteiger charge is -2.42. The van der Waals surface area contributed by atoms with E-state index in [9.17, 15) is 0 Å². The van der Waals surface area contributed by atoms with E-state index in [1.807, 2.05) is 0 Å². The molecule has 42 heavy (non-hydrogen) atoms. The Balaban J connectivity index is 0.000000607. The average molecular weight is 590 g/mol. The van der Waals surface area contributed by atoms with Gasteiger partial charge in [0.05, 0.1) is 0 Å². The van der Waals surface area contributed by atoms with Gasteiger partial charge in [0.2, 0.25) is 0 Å². The highest BCUT2D eigenvalue weighted by molar-refractivity contribution is 5.14. The summed E-state index contributed by atoms with van der Waals surface area (Å²) in [6.07, 6.45) is 5.52. The molecule has 0 radical (unpaired) electrons. The number of benzene rings is 1. The van der Waals surface area contributed by atoms with Crippen LogP contribution < -0.4 is 0 Å². The zero-order valence-electron chi connectivity index (χ0n) is 28.4. The molecule has 3 fully saturated rings. The third kappa shape index (κ3) is 15.7. The first kappa shape index (κ1) is 41.0. The van der Waals surface area contributed by atoms with Crippen LogP contribution in [0.15, 0.2) is 30.3 Å². The fourth-order valence-electron chi connectivity index (χ4n) is 5.94. The van der Waals surface area contributed by atoms with Crippen LogP contribution in [-0.4, -0.2) is 113 Å². The van der Waals surface area contributed by atoms with Gasteiger partial charge in [0.1, 0.15) is 0 Å². The van der Waals surface area contributed by atoms with Gasteiger partial charge in [-0.2, -0.15) is 0 Å². The van der Waals surface area contributed by atoms with Crippen LogP contribution in [-0.2, 0) is 6.54 Å². The van der Waals surface area contributed by atoms with Crippen LogP contribution in [0.3, 0.4) is 0 Å². The molecule has 3 heterocycles. The second kappa shape index (κ2) is 19.4. The highest BCUT2D eigenvalue weighted by atomic mass is 15.3. The van der Waals surface area contributed by atoms with E-state index in [0.29, 0.717) is 16.6 Å². The molecule has 5 heteroatoms. The molecule has 1 aromatic carbocycles. The third-order valence-corrected chi connectivity index (χ3v) is 8.74. The molecule has 3 saturated heterocycles. The van der Waals surface area contributed by atoms with Crippen LogP contribution in [0.5, 0.6) is 0 Å². The molecule has 0 amide bonds. The van der Waals surface area contributed by atoms with Gasteiger partial charge in [-0.3, -0.25) is 19.6 Å². The molecule has 3 aliphatic rings. The van der Waals surface area contributed by atoms with Crippen molar-refractivity contribution in [2.75, 3.05) is 72.0 Å². The number of piperazine rings is 2. The first-order valence-corrected chi connectivity index (χ1v) is 16.4. The minimum Gasteiger partial charge on any atom is -0.301 e. The Morgan fingerprint density at radius 1 is 0.500 bits per heavy atom. The molecule has 0 bridgehead atoms. The van der Waals surface area contributed by atoms with E-state index in [1.54, 1.807) is 0 Å². The molecule has 0 saturated carbocycles. The number of piperidine rings is 1. The van der Waals surface area contributed by atoms with Gasteiger partial charge in [-0.1, -0.05) is 58.5 Å². The second-order valence-corrected chi connectivity index (χ2v) is 15.1. The molecule has 1 aromatic rings. The Kier molecular flexibility index (Phi) is 19.0. The molecule has 0 aliphatic carbocycles. The van der Waals surface area contributed by atoms with Crippen LogP contribution in [0.1, 0.15) is 115 Å². The zero-order valence-corrected chi connectivity index (χ0v) is 28.4. The third-order valence-electron chi connectivity index (χ3n) is 8.74. The summed E-state index contributed by atoms with van der Waals surface area (Å²) in [5, 5.41) is 0. The van der Waals surface area contributed by atoms with Crippen LogP contribution in [0.2, 0.25) is 0 Å². The van der Waals surface area contributed by atoms with E-state index in [4.69, 9.17) is 0 Å². The SMILES string of the molecule is C.C.CC(C)(C)N1CCCCC1.CC(C)(C)N1CCN(Cc2ccccc2)CC1.CCCN1CCN(C(C)(C)C)CC1. The lowest BCUT2D eigenvalue weighted by atomic mass is 10.0. The minimum atomic E-state index is 0. The maximum Gasteiger partial charge on any atom is 0.0234 e. The standard InChI is InChI=1S/C15H24N2.C11H24N2.C9H19N.2CH4/c1-15(2,3)17-11-9-16(10-12-17)13-14-7-5-4-6-8-14;1-5-6-12-7-9-13(10-8-12)11(2,3)4;1-9(2,3)10-7-5-4-6-8-10;;/h4-8H,9-13H2,1-3H3;5-10H2,1-4H3;4-8H2,1-3H3;2*1H4. The van der Waals surface area contributed by atoms with Crippen molar-refractivity contribution in [3.05, 3.63) is 35.9 Å². The van der Waals surface area contributed by atoms with Gasteiger partial charge in [-0.05, 0) is 107 Å². The Hall–Kier alpha value is -0.980. The lowest BCUT2D eigenvalue weighted by molar-refractivity contribution is 0.0591. The van der Waals surface area contributed by atoms with Gasteiger partial charge in [0.15, 0.2) is 0 Å². The molecule has 0 aromatic heterocycles. The van der Waals surface area contributed by atoms with Gasteiger partial charge in [0.25, 0.3) is 0 Å². The summed E-state index contributed by atoms with van der Waals surface area (Å²) in [6.45, 7) is 37.7. The molecular weight excluding hydrogens is 514 g/mol. The Morgan fingerprint density at radius 3 is 1.24 bits per heavy atom. The molecule has 248 valence electrons. The molecule has 0 atom stereocenters. The first-order valence-electron chi connectivity index (χ1n) is 16.4. The summed E-state index contributed by atoms with van der Waals surface area (Å²) >= 11 is 0. The number of hydrogen-bond acceptors (Lipinski definition) is 5. The highest BCUT2D eigenvalue weighted by Crippen LogP contribution is 2.19. The lowest BCUT2D eigenvalue weighted by Crippen LogP contribution is -2.53. The van der Waals surface area contributed by atoms with Crippen molar-refractivity contribution < 1.29 is 0 Å². The van der Waals surface area contributed by atoms with Crippen molar-refractivity contribution in [3.8, 4) is 0 Å². The fraction of sp³-hybridized carbons (Fsp3) is 0.838. The van der Waals surface area contributed by atoms with Gasteiger partial charge < -0.3 is 4.90 Å². The summed E-state index contributed by atoms with van der Waals surface area (Å²) in [7, 11) is 0. The molecule has 5 nitrogen and oxygen atoms in total. The summed E-state index contributed by atoms with van der Waals surface area (Å²) in [6, 6.07) is 10.8. The largest absolute Gasteiger partial charge is 0.301 e. The number of hydrogen-bond donors (Lipinski definition) is 0. The average Bonchev–Trinajstić information content (AvgIpc) is 2.90. The molecule has 0 unspecified atom stereocenters. The molecule has 3 aliphatic heterocycles. The zero-order chi connectivity index (χ0) is 29.8. The van der Waals surface area contributed by atoms with Crippen molar-refractivity contribution in [3.63, 3.8) is 0 Å². The number of nitrogens with zero attached hydrogens (tertiary/aromatic N) is 5. The highest BCUT2D eigenvalue weighted by Gasteiger charge is 2.26. The smallest absolute Gasteiger partial charge is 0.0234 e. The topological polar surface area (TPSA) is 16.2 Å². The summed E-state index contributed by atoms with van der Waals surface area (Å²) in [5.74, 6) is 0. The fourth-order valence-corrected chi connectivity index (χ4v) is 5.94. The number of likely N-dealkylation sites (tertiary alicyclic amines) is 1. The van der Waals surface area contributed by atoms with E-state index in [-0.39, 0.29) is 14.9 Å². The van der Waals surface area contributed by atoms with Crippen molar-refractivity contribution in [2.24, 2.45) is 0 Å². The predicted octanol–water partition coefficient (Wildman–Crippen LogP) is 7.96. The molecular formula is C37H75N5. The van der Waals surface area contributed by atoms with E-state index in [0.717, 1.165) is 6.54 Å². The maximum absolute atomic E-state index is 2.58. The van der Waals surface area contributed by atoms with Crippen LogP contribution in [0.4, 0.5) is 0 Å². The van der Waals surface area contributed by atoms with Crippen molar-refractivity contribution in [2.45, 2.75) is 133 Å². The Bertz CT molecular complexity index is 767. The second-order valence-electron chi connectivity index (χ2n) is 15.1. The van der Waals surface area contributed by atoms with E-state index < -0.39 is 0 Å². The van der Waals surface area contributed by atoms with E-state index in [2.05, 4.69) is 124 Å². The summed E-state index contributed by atoms with van der Waals surface area (Å²) < 4.78 is 0. The predicted molar refractivity (Wildman–Crippen MR) is 190 cm³/mol.